The van der Waals surface area contributed by atoms with E-state index in [1.165, 1.54) is 0 Å². The SMILES string of the molecule is COc1ccc(CNc2ccc(C#N)c(NCc3ccc(OC)nc3)n2)cn1. The lowest BCUT2D eigenvalue weighted by Crippen LogP contribution is -2.07. The van der Waals surface area contributed by atoms with Crippen LogP contribution in [0.15, 0.2) is 48.8 Å². The van der Waals surface area contributed by atoms with E-state index in [1.807, 2.05) is 12.1 Å². The van der Waals surface area contributed by atoms with Crippen molar-refractivity contribution in [3.8, 4) is 17.8 Å². The molecule has 28 heavy (non-hydrogen) atoms. The molecule has 0 spiro atoms. The molecule has 0 aromatic carbocycles. The van der Waals surface area contributed by atoms with Crippen LogP contribution < -0.4 is 20.1 Å². The van der Waals surface area contributed by atoms with Crippen molar-refractivity contribution < 1.29 is 9.47 Å². The Morgan fingerprint density at radius 1 is 0.857 bits per heavy atom. The lowest BCUT2D eigenvalue weighted by Gasteiger charge is -2.11. The first-order valence-electron chi connectivity index (χ1n) is 8.58. The standard InChI is InChI=1S/C20H20N6O2/c1-27-18-7-3-14(11-23-18)10-22-17-6-5-16(9-21)20(26-17)25-13-15-4-8-19(28-2)24-12-15/h3-8,11-12H,10,13H2,1-2H3,(H2,22,25,26). The van der Waals surface area contributed by atoms with E-state index in [0.717, 1.165) is 11.1 Å². The molecule has 2 N–H and O–H groups in total. The van der Waals surface area contributed by atoms with Gasteiger partial charge in [-0.2, -0.15) is 5.26 Å². The van der Waals surface area contributed by atoms with Crippen molar-refractivity contribution in [3.63, 3.8) is 0 Å². The predicted molar refractivity (Wildman–Crippen MR) is 105 cm³/mol. The summed E-state index contributed by atoms with van der Waals surface area (Å²) >= 11 is 0. The van der Waals surface area contributed by atoms with Gasteiger partial charge in [0.25, 0.3) is 0 Å². The average molecular weight is 376 g/mol. The van der Waals surface area contributed by atoms with Gasteiger partial charge >= 0.3 is 0 Å². The minimum Gasteiger partial charge on any atom is -0.481 e. The fraction of sp³-hybridized carbons (Fsp3) is 0.200. The Morgan fingerprint density at radius 2 is 1.46 bits per heavy atom. The van der Waals surface area contributed by atoms with Crippen LogP contribution in [-0.2, 0) is 13.1 Å². The van der Waals surface area contributed by atoms with Crippen molar-refractivity contribution in [2.75, 3.05) is 24.9 Å². The summed E-state index contributed by atoms with van der Waals surface area (Å²) in [4.78, 5) is 12.9. The number of nitriles is 1. The van der Waals surface area contributed by atoms with Crippen LogP contribution in [-0.4, -0.2) is 29.2 Å². The predicted octanol–water partition coefficient (Wildman–Crippen LogP) is 2.98. The van der Waals surface area contributed by atoms with Gasteiger partial charge in [-0.15, -0.1) is 0 Å². The molecule has 0 amide bonds. The normalized spacial score (nSPS) is 10.0. The van der Waals surface area contributed by atoms with Gasteiger partial charge in [-0.1, -0.05) is 12.1 Å². The highest BCUT2D eigenvalue weighted by atomic mass is 16.5. The highest BCUT2D eigenvalue weighted by Gasteiger charge is 2.06. The van der Waals surface area contributed by atoms with Crippen LogP contribution >= 0.6 is 0 Å². The molecular formula is C20H20N6O2. The van der Waals surface area contributed by atoms with Gasteiger partial charge in [0.05, 0.1) is 19.8 Å². The van der Waals surface area contributed by atoms with Gasteiger partial charge in [0.1, 0.15) is 17.7 Å². The second kappa shape index (κ2) is 9.19. The van der Waals surface area contributed by atoms with Crippen LogP contribution in [0.25, 0.3) is 0 Å². The lowest BCUT2D eigenvalue weighted by atomic mass is 10.2. The fourth-order valence-electron chi connectivity index (χ4n) is 2.43. The van der Waals surface area contributed by atoms with E-state index >= 15 is 0 Å². The molecule has 142 valence electrons. The van der Waals surface area contributed by atoms with Crippen molar-refractivity contribution in [1.29, 1.82) is 5.26 Å². The maximum Gasteiger partial charge on any atom is 0.212 e. The number of ether oxygens (including phenoxy) is 2. The molecule has 0 saturated carbocycles. The number of hydrogen-bond acceptors (Lipinski definition) is 8. The molecular weight excluding hydrogens is 356 g/mol. The summed E-state index contributed by atoms with van der Waals surface area (Å²) in [6.45, 7) is 1.04. The van der Waals surface area contributed by atoms with Gasteiger partial charge in [0.2, 0.25) is 11.8 Å². The molecule has 0 aliphatic rings. The number of anilines is 2. The maximum absolute atomic E-state index is 9.33. The Kier molecular flexibility index (Phi) is 6.21. The number of pyridine rings is 3. The zero-order valence-electron chi connectivity index (χ0n) is 15.6. The molecule has 0 bridgehead atoms. The Morgan fingerprint density at radius 3 is 1.96 bits per heavy atom. The van der Waals surface area contributed by atoms with E-state index in [9.17, 15) is 5.26 Å². The molecule has 0 aliphatic heterocycles. The average Bonchev–Trinajstić information content (AvgIpc) is 2.77. The molecule has 0 atom stereocenters. The highest BCUT2D eigenvalue weighted by molar-refractivity contribution is 5.57. The number of rotatable bonds is 8. The molecule has 3 rings (SSSR count). The monoisotopic (exact) mass is 376 g/mol. The number of methoxy groups -OCH3 is 2. The molecule has 8 nitrogen and oxygen atoms in total. The molecule has 3 aromatic rings. The van der Waals surface area contributed by atoms with Gasteiger partial charge in [-0.25, -0.2) is 15.0 Å². The summed E-state index contributed by atoms with van der Waals surface area (Å²) in [5.74, 6) is 2.29. The molecule has 0 unspecified atom stereocenters. The second-order valence-corrected chi connectivity index (χ2v) is 5.83. The van der Waals surface area contributed by atoms with Crippen LogP contribution in [0.1, 0.15) is 16.7 Å². The highest BCUT2D eigenvalue weighted by Crippen LogP contribution is 2.18. The van der Waals surface area contributed by atoms with Gasteiger partial charge in [0.15, 0.2) is 0 Å². The molecule has 0 fully saturated rings. The Labute approximate surface area is 163 Å². The third kappa shape index (κ3) is 4.86. The van der Waals surface area contributed by atoms with Crippen molar-refractivity contribution in [2.24, 2.45) is 0 Å². The first-order chi connectivity index (χ1) is 13.7. The molecule has 8 heteroatoms. The molecule has 0 radical (unpaired) electrons. The molecule has 3 heterocycles. The topological polar surface area (TPSA) is 105 Å². The quantitative estimate of drug-likeness (QED) is 0.618. The Bertz CT molecular complexity index is 952. The van der Waals surface area contributed by atoms with E-state index < -0.39 is 0 Å². The van der Waals surface area contributed by atoms with Gasteiger partial charge in [-0.05, 0) is 23.3 Å². The summed E-state index contributed by atoms with van der Waals surface area (Å²) in [5, 5.41) is 15.8. The zero-order valence-corrected chi connectivity index (χ0v) is 15.6. The van der Waals surface area contributed by atoms with E-state index in [-0.39, 0.29) is 0 Å². The summed E-state index contributed by atoms with van der Waals surface area (Å²) in [5.41, 5.74) is 2.41. The van der Waals surface area contributed by atoms with E-state index in [0.29, 0.717) is 42.0 Å². The fourth-order valence-corrected chi connectivity index (χ4v) is 2.43. The third-order valence-electron chi connectivity index (χ3n) is 3.96. The van der Waals surface area contributed by atoms with Gasteiger partial charge < -0.3 is 20.1 Å². The summed E-state index contributed by atoms with van der Waals surface area (Å²) < 4.78 is 10.1. The third-order valence-corrected chi connectivity index (χ3v) is 3.96. The maximum atomic E-state index is 9.33. The molecule has 0 saturated heterocycles. The van der Waals surface area contributed by atoms with E-state index in [2.05, 4.69) is 31.7 Å². The number of nitrogens with one attached hydrogen (secondary N) is 2. The smallest absolute Gasteiger partial charge is 0.212 e. The lowest BCUT2D eigenvalue weighted by molar-refractivity contribution is 0.397. The van der Waals surface area contributed by atoms with Crippen LogP contribution in [0.5, 0.6) is 11.8 Å². The van der Waals surface area contributed by atoms with E-state index in [1.54, 1.807) is 50.9 Å². The van der Waals surface area contributed by atoms with E-state index in [4.69, 9.17) is 9.47 Å². The second-order valence-electron chi connectivity index (χ2n) is 5.83. The number of aromatic nitrogens is 3. The Balaban J connectivity index is 1.65. The molecule has 0 aliphatic carbocycles. The van der Waals surface area contributed by atoms with Crippen molar-refractivity contribution >= 4 is 11.6 Å². The minimum atomic E-state index is 0.470. The van der Waals surface area contributed by atoms with Crippen LogP contribution in [0.3, 0.4) is 0 Å². The summed E-state index contributed by atoms with van der Waals surface area (Å²) in [7, 11) is 3.15. The first-order valence-corrected chi connectivity index (χ1v) is 8.58. The van der Waals surface area contributed by atoms with Gasteiger partial charge in [0, 0.05) is 37.6 Å². The van der Waals surface area contributed by atoms with Crippen LogP contribution in [0.2, 0.25) is 0 Å². The zero-order chi connectivity index (χ0) is 19.8. The minimum absolute atomic E-state index is 0.470. The first kappa shape index (κ1) is 18.9. The summed E-state index contributed by atoms with van der Waals surface area (Å²) in [6, 6.07) is 13.1. The van der Waals surface area contributed by atoms with Crippen LogP contribution in [0, 0.1) is 11.3 Å². The number of hydrogen-bond donors (Lipinski definition) is 2. The molecule has 3 aromatic heterocycles. The largest absolute Gasteiger partial charge is 0.481 e. The van der Waals surface area contributed by atoms with Crippen molar-refractivity contribution in [3.05, 3.63) is 65.5 Å². The Hall–Kier alpha value is -3.86. The van der Waals surface area contributed by atoms with Crippen molar-refractivity contribution in [2.45, 2.75) is 13.1 Å². The number of nitrogens with zero attached hydrogens (tertiary/aromatic N) is 4. The summed E-state index contributed by atoms with van der Waals surface area (Å²) in [6.07, 6.45) is 3.46. The van der Waals surface area contributed by atoms with Gasteiger partial charge in [-0.3, -0.25) is 0 Å². The van der Waals surface area contributed by atoms with Crippen molar-refractivity contribution in [1.82, 2.24) is 15.0 Å². The van der Waals surface area contributed by atoms with Crippen LogP contribution in [0.4, 0.5) is 11.6 Å².